The van der Waals surface area contributed by atoms with Crippen LogP contribution in [0.15, 0.2) is 17.1 Å². The Hall–Kier alpha value is -0.630. The van der Waals surface area contributed by atoms with Crippen LogP contribution in [0.4, 0.5) is 0 Å². The van der Waals surface area contributed by atoms with Gasteiger partial charge in [0.15, 0.2) is 0 Å². The van der Waals surface area contributed by atoms with Gasteiger partial charge in [0.2, 0.25) is 0 Å². The normalized spacial score (nSPS) is 29.1. The SMILES string of the molecule is CC(C)C1=NCC(C(N)C2CC2)C=C1. The van der Waals surface area contributed by atoms with Gasteiger partial charge in [0.1, 0.15) is 0 Å². The largest absolute Gasteiger partial charge is 0.327 e. The van der Waals surface area contributed by atoms with E-state index in [1.807, 2.05) is 0 Å². The molecule has 1 aliphatic heterocycles. The Labute approximate surface area is 86.3 Å². The third kappa shape index (κ3) is 2.06. The van der Waals surface area contributed by atoms with E-state index in [0.29, 0.717) is 17.9 Å². The van der Waals surface area contributed by atoms with Gasteiger partial charge in [0.05, 0.1) is 0 Å². The van der Waals surface area contributed by atoms with E-state index in [0.717, 1.165) is 12.5 Å². The fourth-order valence-electron chi connectivity index (χ4n) is 2.00. The molecular weight excluding hydrogens is 172 g/mol. The molecule has 0 bridgehead atoms. The van der Waals surface area contributed by atoms with Gasteiger partial charge in [0.25, 0.3) is 0 Å². The molecule has 1 saturated carbocycles. The maximum Gasteiger partial charge on any atom is 0.0470 e. The summed E-state index contributed by atoms with van der Waals surface area (Å²) in [7, 11) is 0. The lowest BCUT2D eigenvalue weighted by molar-refractivity contribution is 0.459. The zero-order chi connectivity index (χ0) is 10.1. The lowest BCUT2D eigenvalue weighted by atomic mass is 9.92. The van der Waals surface area contributed by atoms with E-state index < -0.39 is 0 Å². The predicted octanol–water partition coefficient (Wildman–Crippen LogP) is 2.01. The molecule has 0 aromatic rings. The summed E-state index contributed by atoms with van der Waals surface area (Å²) in [4.78, 5) is 4.59. The van der Waals surface area contributed by atoms with E-state index in [1.54, 1.807) is 0 Å². The van der Waals surface area contributed by atoms with Crippen LogP contribution in [-0.2, 0) is 0 Å². The fourth-order valence-corrected chi connectivity index (χ4v) is 2.00. The number of hydrogen-bond acceptors (Lipinski definition) is 2. The smallest absolute Gasteiger partial charge is 0.0470 e. The van der Waals surface area contributed by atoms with Crippen molar-refractivity contribution in [2.45, 2.75) is 32.7 Å². The summed E-state index contributed by atoms with van der Waals surface area (Å²) in [6, 6.07) is 0.351. The highest BCUT2D eigenvalue weighted by Gasteiger charge is 2.33. The molecule has 2 aliphatic rings. The highest BCUT2D eigenvalue weighted by molar-refractivity contribution is 5.96. The summed E-state index contributed by atoms with van der Waals surface area (Å²) in [6.45, 7) is 5.27. The van der Waals surface area contributed by atoms with Gasteiger partial charge in [-0.3, -0.25) is 4.99 Å². The van der Waals surface area contributed by atoms with Gasteiger partial charge in [-0.25, -0.2) is 0 Å². The second kappa shape index (κ2) is 3.85. The van der Waals surface area contributed by atoms with Gasteiger partial charge in [-0.1, -0.05) is 19.9 Å². The van der Waals surface area contributed by atoms with E-state index in [4.69, 9.17) is 5.73 Å². The number of nitrogens with two attached hydrogens (primary N) is 1. The second-order valence-corrected chi connectivity index (χ2v) is 4.86. The average Bonchev–Trinajstić information content (AvgIpc) is 3.00. The topological polar surface area (TPSA) is 38.4 Å². The number of hydrogen-bond donors (Lipinski definition) is 1. The molecule has 2 rings (SSSR count). The van der Waals surface area contributed by atoms with Gasteiger partial charge in [0, 0.05) is 24.2 Å². The molecule has 2 unspecified atom stereocenters. The van der Waals surface area contributed by atoms with E-state index in [2.05, 4.69) is 31.0 Å². The summed E-state index contributed by atoms with van der Waals surface area (Å²) in [6.07, 6.45) is 7.09. The minimum absolute atomic E-state index is 0.351. The maximum absolute atomic E-state index is 6.15. The van der Waals surface area contributed by atoms with Crippen molar-refractivity contribution in [3.8, 4) is 0 Å². The van der Waals surface area contributed by atoms with Crippen LogP contribution in [0.25, 0.3) is 0 Å². The second-order valence-electron chi connectivity index (χ2n) is 4.86. The van der Waals surface area contributed by atoms with Crippen LogP contribution < -0.4 is 5.73 Å². The van der Waals surface area contributed by atoms with E-state index in [1.165, 1.54) is 18.6 Å². The first-order chi connectivity index (χ1) is 6.68. The maximum atomic E-state index is 6.15. The number of allylic oxidation sites excluding steroid dienone is 1. The third-order valence-corrected chi connectivity index (χ3v) is 3.25. The molecule has 1 fully saturated rings. The summed E-state index contributed by atoms with van der Waals surface area (Å²) in [5, 5.41) is 0. The van der Waals surface area contributed by atoms with Crippen LogP contribution in [-0.4, -0.2) is 18.3 Å². The first-order valence-electron chi connectivity index (χ1n) is 5.66. The fraction of sp³-hybridized carbons (Fsp3) is 0.750. The summed E-state index contributed by atoms with van der Waals surface area (Å²) in [5.74, 6) is 1.81. The first kappa shape index (κ1) is 9.91. The Morgan fingerprint density at radius 1 is 1.43 bits per heavy atom. The van der Waals surface area contributed by atoms with Gasteiger partial charge in [-0.15, -0.1) is 0 Å². The lowest BCUT2D eigenvalue weighted by Crippen LogP contribution is -2.34. The van der Waals surface area contributed by atoms with Crippen molar-refractivity contribution in [2.24, 2.45) is 28.5 Å². The minimum atomic E-state index is 0.351. The van der Waals surface area contributed by atoms with E-state index in [9.17, 15) is 0 Å². The van der Waals surface area contributed by atoms with Crippen LogP contribution >= 0.6 is 0 Å². The number of rotatable bonds is 3. The molecule has 2 nitrogen and oxygen atoms in total. The summed E-state index contributed by atoms with van der Waals surface area (Å²) >= 11 is 0. The Morgan fingerprint density at radius 2 is 2.14 bits per heavy atom. The molecule has 2 atom stereocenters. The van der Waals surface area contributed by atoms with Crippen molar-refractivity contribution >= 4 is 5.71 Å². The highest BCUT2D eigenvalue weighted by Crippen LogP contribution is 2.35. The zero-order valence-corrected chi connectivity index (χ0v) is 9.11. The van der Waals surface area contributed by atoms with Gasteiger partial charge >= 0.3 is 0 Å². The molecule has 0 saturated heterocycles. The van der Waals surface area contributed by atoms with Crippen molar-refractivity contribution in [1.82, 2.24) is 0 Å². The Balaban J connectivity index is 1.92. The average molecular weight is 192 g/mol. The summed E-state index contributed by atoms with van der Waals surface area (Å²) in [5.41, 5.74) is 7.38. The van der Waals surface area contributed by atoms with Crippen LogP contribution in [0.5, 0.6) is 0 Å². The van der Waals surface area contributed by atoms with E-state index in [-0.39, 0.29) is 0 Å². The molecule has 2 heteroatoms. The Morgan fingerprint density at radius 3 is 2.57 bits per heavy atom. The number of aliphatic imine (C=N–C) groups is 1. The third-order valence-electron chi connectivity index (χ3n) is 3.25. The van der Waals surface area contributed by atoms with Crippen LogP contribution in [0, 0.1) is 17.8 Å². The zero-order valence-electron chi connectivity index (χ0n) is 9.11. The van der Waals surface area contributed by atoms with Gasteiger partial charge in [-0.2, -0.15) is 0 Å². The van der Waals surface area contributed by atoms with Gasteiger partial charge in [-0.05, 0) is 30.8 Å². The van der Waals surface area contributed by atoms with Crippen molar-refractivity contribution in [1.29, 1.82) is 0 Å². The van der Waals surface area contributed by atoms with Crippen LogP contribution in [0.2, 0.25) is 0 Å². The predicted molar refractivity (Wildman–Crippen MR) is 60.5 cm³/mol. The van der Waals surface area contributed by atoms with Crippen molar-refractivity contribution in [3.63, 3.8) is 0 Å². The van der Waals surface area contributed by atoms with Crippen molar-refractivity contribution in [3.05, 3.63) is 12.2 Å². The Bertz CT molecular complexity index is 261. The number of dihydropyridines is 1. The lowest BCUT2D eigenvalue weighted by Gasteiger charge is -2.22. The molecule has 14 heavy (non-hydrogen) atoms. The van der Waals surface area contributed by atoms with Crippen molar-refractivity contribution in [2.75, 3.05) is 6.54 Å². The monoisotopic (exact) mass is 192 g/mol. The molecule has 1 aliphatic carbocycles. The molecule has 1 heterocycles. The molecule has 78 valence electrons. The molecular formula is C12H20N2. The molecule has 0 amide bonds. The van der Waals surface area contributed by atoms with Crippen molar-refractivity contribution < 1.29 is 0 Å². The molecule has 0 aromatic heterocycles. The molecule has 0 radical (unpaired) electrons. The van der Waals surface area contributed by atoms with Crippen LogP contribution in [0.3, 0.4) is 0 Å². The molecule has 0 spiro atoms. The molecule has 0 aromatic carbocycles. The standard InChI is InChI=1S/C12H20N2/c1-8(2)11-6-5-10(7-14-11)12(13)9-3-4-9/h5-6,8-10,12H,3-4,7,13H2,1-2H3. The van der Waals surface area contributed by atoms with Crippen LogP contribution in [0.1, 0.15) is 26.7 Å². The highest BCUT2D eigenvalue weighted by atomic mass is 14.8. The summed E-state index contributed by atoms with van der Waals surface area (Å²) < 4.78 is 0. The van der Waals surface area contributed by atoms with Gasteiger partial charge < -0.3 is 5.73 Å². The molecule has 2 N–H and O–H groups in total. The number of nitrogens with zero attached hydrogens (tertiary/aromatic N) is 1. The quantitative estimate of drug-likeness (QED) is 0.730. The van der Waals surface area contributed by atoms with E-state index >= 15 is 0 Å². The first-order valence-corrected chi connectivity index (χ1v) is 5.66. The Kier molecular flexibility index (Phi) is 2.73. The minimum Gasteiger partial charge on any atom is -0.327 e.